The van der Waals surface area contributed by atoms with Gasteiger partial charge in [0.15, 0.2) is 5.82 Å². The van der Waals surface area contributed by atoms with E-state index in [1.165, 1.54) is 4.68 Å². The van der Waals surface area contributed by atoms with Crippen molar-refractivity contribution in [3.63, 3.8) is 0 Å². The maximum Gasteiger partial charge on any atom is 0.240 e. The van der Waals surface area contributed by atoms with Crippen LogP contribution in [0.3, 0.4) is 0 Å². The molecule has 1 heterocycles. The molecule has 19 heavy (non-hydrogen) atoms. The highest BCUT2D eigenvalue weighted by Crippen LogP contribution is 2.33. The van der Waals surface area contributed by atoms with Crippen molar-refractivity contribution in [2.24, 2.45) is 0 Å². The van der Waals surface area contributed by atoms with Crippen LogP contribution >= 0.6 is 23.2 Å². The normalized spacial score (nSPS) is 10.7. The molecular formula is C12H13Cl2N5. The number of anilines is 1. The van der Waals surface area contributed by atoms with Crippen molar-refractivity contribution in [1.82, 2.24) is 14.8 Å². The number of nitrogens with one attached hydrogen (secondary N) is 1. The molecule has 100 valence electrons. The molecule has 0 bridgehead atoms. The first-order valence-corrected chi connectivity index (χ1v) is 6.53. The van der Waals surface area contributed by atoms with Crippen molar-refractivity contribution in [3.05, 3.63) is 33.9 Å². The predicted octanol–water partition coefficient (Wildman–Crippen LogP) is 2.72. The summed E-state index contributed by atoms with van der Waals surface area (Å²) < 4.78 is 1.49. The third-order valence-corrected chi connectivity index (χ3v) is 3.40. The molecule has 0 unspecified atom stereocenters. The third kappa shape index (κ3) is 2.72. The van der Waals surface area contributed by atoms with Crippen molar-refractivity contribution in [2.45, 2.75) is 19.9 Å². The molecule has 5 nitrogen and oxygen atoms in total. The van der Waals surface area contributed by atoms with Crippen molar-refractivity contribution in [2.75, 3.05) is 5.73 Å². The van der Waals surface area contributed by atoms with Gasteiger partial charge in [0.1, 0.15) is 5.69 Å². The number of nitrogens with two attached hydrogens (primary N) is 1. The number of hydrogen-bond donors (Lipinski definition) is 2. The van der Waals surface area contributed by atoms with Gasteiger partial charge in [0, 0.05) is 12.1 Å². The van der Waals surface area contributed by atoms with Crippen LogP contribution in [-0.2, 0) is 6.54 Å². The molecule has 0 aliphatic heterocycles. The molecule has 0 spiro atoms. The number of aromatic nitrogens is 3. The molecule has 1 aromatic heterocycles. The van der Waals surface area contributed by atoms with E-state index >= 15 is 0 Å². The maximum atomic E-state index is 7.72. The molecule has 2 aromatic rings. The van der Waals surface area contributed by atoms with Gasteiger partial charge in [0.2, 0.25) is 5.62 Å². The largest absolute Gasteiger partial charge is 0.382 e. The monoisotopic (exact) mass is 297 g/mol. The van der Waals surface area contributed by atoms with Gasteiger partial charge in [-0.3, -0.25) is 5.41 Å². The molecule has 0 saturated heterocycles. The molecular weight excluding hydrogens is 285 g/mol. The number of nitrogens with zero attached hydrogens (tertiary/aromatic N) is 3. The Labute approximate surface area is 120 Å². The van der Waals surface area contributed by atoms with E-state index in [9.17, 15) is 0 Å². The zero-order chi connectivity index (χ0) is 14.0. The van der Waals surface area contributed by atoms with Gasteiger partial charge >= 0.3 is 0 Å². The lowest BCUT2D eigenvalue weighted by atomic mass is 10.1. The summed E-state index contributed by atoms with van der Waals surface area (Å²) >= 11 is 12.1. The van der Waals surface area contributed by atoms with E-state index < -0.39 is 0 Å². The highest BCUT2D eigenvalue weighted by atomic mass is 35.5. The predicted molar refractivity (Wildman–Crippen MR) is 76.0 cm³/mol. The number of rotatable bonds is 3. The molecule has 0 atom stereocenters. The van der Waals surface area contributed by atoms with Crippen LogP contribution < -0.4 is 11.4 Å². The van der Waals surface area contributed by atoms with Crippen LogP contribution in [0.5, 0.6) is 0 Å². The van der Waals surface area contributed by atoms with E-state index in [0.717, 1.165) is 6.42 Å². The van der Waals surface area contributed by atoms with E-state index in [1.54, 1.807) is 18.2 Å². The SMILES string of the molecule is CCCn1nc(-c2cccc(Cl)c2Cl)c(N)nc1=N. The minimum absolute atomic E-state index is 0.0289. The molecule has 0 fully saturated rings. The zero-order valence-electron chi connectivity index (χ0n) is 10.3. The van der Waals surface area contributed by atoms with Gasteiger partial charge in [0.25, 0.3) is 0 Å². The zero-order valence-corrected chi connectivity index (χ0v) is 11.8. The average molecular weight is 298 g/mol. The number of halogens is 2. The van der Waals surface area contributed by atoms with Gasteiger partial charge in [-0.15, -0.1) is 0 Å². The second-order valence-corrected chi connectivity index (χ2v) is 4.78. The van der Waals surface area contributed by atoms with Crippen LogP contribution in [0.15, 0.2) is 18.2 Å². The number of benzene rings is 1. The Kier molecular flexibility index (Phi) is 4.07. The third-order valence-electron chi connectivity index (χ3n) is 2.58. The van der Waals surface area contributed by atoms with Gasteiger partial charge < -0.3 is 5.73 Å². The Morgan fingerprint density at radius 1 is 1.37 bits per heavy atom. The van der Waals surface area contributed by atoms with Crippen LogP contribution in [-0.4, -0.2) is 14.8 Å². The quantitative estimate of drug-likeness (QED) is 0.914. The van der Waals surface area contributed by atoms with E-state index in [4.69, 9.17) is 34.3 Å². The van der Waals surface area contributed by atoms with Crippen LogP contribution in [0.1, 0.15) is 13.3 Å². The number of nitrogen functional groups attached to an aromatic ring is 1. The Morgan fingerprint density at radius 2 is 2.11 bits per heavy atom. The summed E-state index contributed by atoms with van der Waals surface area (Å²) in [6.07, 6.45) is 0.845. The van der Waals surface area contributed by atoms with Crippen molar-refractivity contribution in [3.8, 4) is 11.3 Å². The summed E-state index contributed by atoms with van der Waals surface area (Å²) in [5.41, 5.74) is 6.91. The molecule has 3 N–H and O–H groups in total. The summed E-state index contributed by atoms with van der Waals surface area (Å²) in [5.74, 6) is 0.168. The van der Waals surface area contributed by atoms with Gasteiger partial charge in [-0.1, -0.05) is 42.3 Å². The van der Waals surface area contributed by atoms with Crippen LogP contribution in [0.2, 0.25) is 10.0 Å². The molecule has 0 amide bonds. The summed E-state index contributed by atoms with van der Waals surface area (Å²) in [6.45, 7) is 2.59. The maximum absolute atomic E-state index is 7.72. The van der Waals surface area contributed by atoms with Gasteiger partial charge in [-0.2, -0.15) is 10.1 Å². The first-order chi connectivity index (χ1) is 9.04. The Hall–Kier alpha value is -1.59. The summed E-state index contributed by atoms with van der Waals surface area (Å²) in [7, 11) is 0. The van der Waals surface area contributed by atoms with Crippen LogP contribution in [0.4, 0.5) is 5.82 Å². The van der Waals surface area contributed by atoms with E-state index in [2.05, 4.69) is 10.1 Å². The standard InChI is InChI=1S/C12H13Cl2N5/c1-2-6-19-12(16)17-11(15)10(18-19)7-4-3-5-8(13)9(7)14/h3-5H,2,6H2,1H3,(H3,15,16,17). The first-order valence-electron chi connectivity index (χ1n) is 5.78. The number of hydrogen-bond acceptors (Lipinski definition) is 4. The fraction of sp³-hybridized carbons (Fsp3) is 0.250. The lowest BCUT2D eigenvalue weighted by Gasteiger charge is -2.10. The van der Waals surface area contributed by atoms with E-state index in [1.807, 2.05) is 6.92 Å². The minimum atomic E-state index is 0.0289. The van der Waals surface area contributed by atoms with Crippen molar-refractivity contribution >= 4 is 29.0 Å². The smallest absolute Gasteiger partial charge is 0.240 e. The highest BCUT2D eigenvalue weighted by Gasteiger charge is 2.13. The second kappa shape index (κ2) is 5.59. The summed E-state index contributed by atoms with van der Waals surface area (Å²) in [6, 6.07) is 5.23. The fourth-order valence-corrected chi connectivity index (χ4v) is 2.08. The lowest BCUT2D eigenvalue weighted by Crippen LogP contribution is -2.27. The summed E-state index contributed by atoms with van der Waals surface area (Å²) in [4.78, 5) is 3.98. The topological polar surface area (TPSA) is 80.6 Å². The van der Waals surface area contributed by atoms with Crippen LogP contribution in [0, 0.1) is 5.41 Å². The molecule has 2 rings (SSSR count). The first kappa shape index (κ1) is 13.8. The Morgan fingerprint density at radius 3 is 2.79 bits per heavy atom. The van der Waals surface area contributed by atoms with Gasteiger partial charge in [0.05, 0.1) is 10.0 Å². The molecule has 1 aromatic carbocycles. The molecule has 0 aliphatic rings. The van der Waals surface area contributed by atoms with Gasteiger partial charge in [-0.05, 0) is 12.5 Å². The van der Waals surface area contributed by atoms with Gasteiger partial charge in [-0.25, -0.2) is 4.68 Å². The van der Waals surface area contributed by atoms with Crippen LogP contribution in [0.25, 0.3) is 11.3 Å². The average Bonchev–Trinajstić information content (AvgIpc) is 2.37. The van der Waals surface area contributed by atoms with E-state index in [-0.39, 0.29) is 11.4 Å². The molecule has 7 heteroatoms. The summed E-state index contributed by atoms with van der Waals surface area (Å²) in [5, 5.41) is 12.9. The second-order valence-electron chi connectivity index (χ2n) is 3.99. The minimum Gasteiger partial charge on any atom is -0.382 e. The fourth-order valence-electron chi connectivity index (χ4n) is 1.69. The lowest BCUT2D eigenvalue weighted by molar-refractivity contribution is 0.538. The highest BCUT2D eigenvalue weighted by molar-refractivity contribution is 6.43. The van der Waals surface area contributed by atoms with Crippen molar-refractivity contribution in [1.29, 1.82) is 5.41 Å². The molecule has 0 aliphatic carbocycles. The van der Waals surface area contributed by atoms with E-state index in [0.29, 0.717) is 27.8 Å². The Bertz CT molecular complexity index is 666. The van der Waals surface area contributed by atoms with Crippen molar-refractivity contribution < 1.29 is 0 Å². The Balaban J connectivity index is 2.65. The number of aryl methyl sites for hydroxylation is 1. The molecule has 0 radical (unpaired) electrons. The molecule has 0 saturated carbocycles.